The van der Waals surface area contributed by atoms with Gasteiger partial charge in [0.05, 0.1) is 39.6 Å². The van der Waals surface area contributed by atoms with E-state index in [1.54, 1.807) is 0 Å². The molecule has 1 fully saturated rings. The molecule has 0 spiro atoms. The van der Waals surface area contributed by atoms with Crippen molar-refractivity contribution in [3.05, 3.63) is 0 Å². The van der Waals surface area contributed by atoms with Crippen LogP contribution in [-0.4, -0.2) is 72.0 Å². The van der Waals surface area contributed by atoms with Gasteiger partial charge in [-0.2, -0.15) is 0 Å². The molecule has 3 N–H and O–H groups in total. The predicted octanol–water partition coefficient (Wildman–Crippen LogP) is 3.39. The van der Waals surface area contributed by atoms with Crippen LogP contribution in [0.15, 0.2) is 0 Å². The predicted molar refractivity (Wildman–Crippen MR) is 140 cm³/mol. The van der Waals surface area contributed by atoms with Crippen LogP contribution in [0.4, 0.5) is 0 Å². The molecule has 1 heterocycles. The molecule has 0 atom stereocenters. The molecular formula is C22H61KO6Si2. The molecule has 1 rings (SSSR count). The van der Waals surface area contributed by atoms with Gasteiger partial charge in [0, 0.05) is 0 Å². The van der Waals surface area contributed by atoms with Gasteiger partial charge in [0.25, 0.3) is 0 Å². The van der Waals surface area contributed by atoms with Crippen molar-refractivity contribution in [2.24, 2.45) is 0 Å². The van der Waals surface area contributed by atoms with Gasteiger partial charge in [-0.15, -0.1) is 0 Å². The summed E-state index contributed by atoms with van der Waals surface area (Å²) in [5, 5.41) is 17.2. The fraction of sp³-hybridized carbons (Fsp3) is 1.00. The van der Waals surface area contributed by atoms with Crippen LogP contribution in [0.5, 0.6) is 0 Å². The monoisotopic (exact) mass is 516 g/mol. The average molecular weight is 517 g/mol. The zero-order chi connectivity index (χ0) is 19.6. The summed E-state index contributed by atoms with van der Waals surface area (Å²) in [7, 11) is -2.80. The van der Waals surface area contributed by atoms with Gasteiger partial charge in [0.1, 0.15) is 0 Å². The number of hydrogen-bond donors (Lipinski definition) is 2. The van der Waals surface area contributed by atoms with Crippen LogP contribution in [0.25, 0.3) is 0 Å². The van der Waals surface area contributed by atoms with Gasteiger partial charge >= 0.3 is 51.4 Å². The molecule has 1 aliphatic heterocycles. The smallest absolute Gasteiger partial charge is 0.870 e. The molecule has 9 heteroatoms. The third kappa shape index (κ3) is 29.8. The Morgan fingerprint density at radius 1 is 0.613 bits per heavy atom. The van der Waals surface area contributed by atoms with E-state index in [1.807, 2.05) is 0 Å². The Morgan fingerprint density at radius 2 is 0.806 bits per heavy atom. The largest absolute Gasteiger partial charge is 1.00 e. The minimum absolute atomic E-state index is 0. The molecule has 0 amide bonds. The molecule has 0 unspecified atom stereocenters. The Balaban J connectivity index is -0.0000000424. The standard InChI is InChI=1S/2C8H20O2Si.C2H4O.4CH4.K.H2O/c2*1-4-11(5-2,6-3)10-8-7-9;1-2-3-1;;;;;;/h2*9H,4-8H2,1-3H3;1-2H2;4*1H4;;1H2/q;;;;;;;+1;/p-1. The minimum Gasteiger partial charge on any atom is -0.870 e. The van der Waals surface area contributed by atoms with E-state index in [1.165, 1.54) is 36.3 Å². The van der Waals surface area contributed by atoms with E-state index in [0.29, 0.717) is 13.2 Å². The molecule has 0 aromatic heterocycles. The van der Waals surface area contributed by atoms with Gasteiger partial charge in [-0.1, -0.05) is 71.2 Å². The van der Waals surface area contributed by atoms with Crippen LogP contribution in [0.3, 0.4) is 0 Å². The topological polar surface area (TPSA) is 101 Å². The summed E-state index contributed by atoms with van der Waals surface area (Å²) in [4.78, 5) is 0. The van der Waals surface area contributed by atoms with Gasteiger partial charge in [-0.3, -0.25) is 0 Å². The van der Waals surface area contributed by atoms with Gasteiger partial charge in [-0.25, -0.2) is 0 Å². The Kier molecular flexibility index (Phi) is 63.3. The van der Waals surface area contributed by atoms with E-state index in [2.05, 4.69) is 46.3 Å². The van der Waals surface area contributed by atoms with Crippen LogP contribution in [0, 0.1) is 0 Å². The number of aliphatic hydroxyl groups is 2. The maximum atomic E-state index is 8.61. The molecule has 0 radical (unpaired) electrons. The molecule has 0 aliphatic carbocycles. The van der Waals surface area contributed by atoms with E-state index in [0.717, 1.165) is 13.2 Å². The van der Waals surface area contributed by atoms with Crippen LogP contribution >= 0.6 is 0 Å². The first-order valence-corrected chi connectivity index (χ1v) is 15.1. The number of rotatable bonds is 12. The summed E-state index contributed by atoms with van der Waals surface area (Å²) in [5.41, 5.74) is 0. The van der Waals surface area contributed by atoms with Crippen LogP contribution in [0.2, 0.25) is 36.3 Å². The number of epoxide rings is 1. The van der Waals surface area contributed by atoms with Gasteiger partial charge < -0.3 is 29.3 Å². The first-order valence-electron chi connectivity index (χ1n) is 10.1. The first-order chi connectivity index (χ1) is 12.0. The summed E-state index contributed by atoms with van der Waals surface area (Å²) in [6.07, 6.45) is 0. The zero-order valence-corrected chi connectivity index (χ0v) is 24.2. The maximum Gasteiger partial charge on any atom is 1.00 e. The molecule has 6 nitrogen and oxygen atoms in total. The van der Waals surface area contributed by atoms with E-state index >= 15 is 0 Å². The Hall–Kier alpha value is 1.83. The third-order valence-electron chi connectivity index (χ3n) is 5.07. The van der Waals surface area contributed by atoms with Crippen molar-refractivity contribution in [2.75, 3.05) is 39.6 Å². The molecule has 31 heavy (non-hydrogen) atoms. The molecule has 0 aromatic rings. The second-order valence-corrected chi connectivity index (χ2v) is 15.8. The van der Waals surface area contributed by atoms with E-state index in [4.69, 9.17) is 19.1 Å². The first kappa shape index (κ1) is 53.9. The van der Waals surface area contributed by atoms with Gasteiger partial charge in [-0.05, 0) is 36.3 Å². The summed E-state index contributed by atoms with van der Waals surface area (Å²) in [6.45, 7) is 16.5. The maximum absolute atomic E-state index is 8.61. The fourth-order valence-corrected chi connectivity index (χ4v) is 7.91. The van der Waals surface area contributed by atoms with E-state index < -0.39 is 16.6 Å². The van der Waals surface area contributed by atoms with E-state index in [9.17, 15) is 0 Å². The van der Waals surface area contributed by atoms with Crippen molar-refractivity contribution in [3.8, 4) is 0 Å². The third-order valence-corrected chi connectivity index (χ3v) is 14.4. The quantitative estimate of drug-likeness (QED) is 0.304. The normalized spacial score (nSPS) is 10.8. The summed E-state index contributed by atoms with van der Waals surface area (Å²) in [6, 6.07) is 7.00. The zero-order valence-electron chi connectivity index (χ0n) is 19.1. The van der Waals surface area contributed by atoms with Gasteiger partial charge in [0.15, 0.2) is 16.6 Å². The van der Waals surface area contributed by atoms with Crippen LogP contribution in [-0.2, 0) is 13.6 Å². The molecule has 0 saturated carbocycles. The second kappa shape index (κ2) is 36.4. The fourth-order valence-electron chi connectivity index (χ4n) is 2.64. The SMILES string of the molecule is C.C.C.C.C1CO1.CC[Si](CC)(CC)OCCO.CC[Si](CC)(CC)OCCO.[K+].[OH-]. The van der Waals surface area contributed by atoms with Crippen molar-refractivity contribution >= 4 is 16.6 Å². The second-order valence-electron chi connectivity index (χ2n) is 6.24. The minimum atomic E-state index is -1.40. The molecule has 1 saturated heterocycles. The molecule has 194 valence electrons. The number of aliphatic hydroxyl groups excluding tert-OH is 2. The number of ether oxygens (including phenoxy) is 1. The van der Waals surface area contributed by atoms with Crippen molar-refractivity contribution < 1.29 is 80.7 Å². The average Bonchev–Trinajstić information content (AvgIpc) is 3.55. The molecule has 0 aromatic carbocycles. The van der Waals surface area contributed by atoms with Gasteiger partial charge in [0.2, 0.25) is 0 Å². The van der Waals surface area contributed by atoms with Crippen LogP contribution < -0.4 is 51.4 Å². The Bertz CT molecular complexity index is 237. The summed E-state index contributed by atoms with van der Waals surface area (Å²) >= 11 is 0. The summed E-state index contributed by atoms with van der Waals surface area (Å²) in [5.74, 6) is 0. The molecule has 1 aliphatic rings. The van der Waals surface area contributed by atoms with Crippen molar-refractivity contribution in [2.45, 2.75) is 108 Å². The van der Waals surface area contributed by atoms with Crippen LogP contribution in [0.1, 0.15) is 71.2 Å². The Morgan fingerprint density at radius 3 is 0.903 bits per heavy atom. The van der Waals surface area contributed by atoms with Crippen molar-refractivity contribution in [3.63, 3.8) is 0 Å². The Labute approximate surface area is 242 Å². The number of hydrogen-bond acceptors (Lipinski definition) is 6. The molecule has 0 bridgehead atoms. The summed E-state index contributed by atoms with van der Waals surface area (Å²) < 4.78 is 15.9. The van der Waals surface area contributed by atoms with Crippen molar-refractivity contribution in [1.29, 1.82) is 0 Å². The van der Waals surface area contributed by atoms with Crippen molar-refractivity contribution in [1.82, 2.24) is 0 Å². The molecular weight excluding hydrogens is 456 g/mol. The van der Waals surface area contributed by atoms with E-state index in [-0.39, 0.29) is 99.8 Å².